The first-order chi connectivity index (χ1) is 12.7. The van der Waals surface area contributed by atoms with Crippen LogP contribution in [0.15, 0.2) is 42.7 Å². The average molecular weight is 352 g/mol. The summed E-state index contributed by atoms with van der Waals surface area (Å²) in [6, 6.07) is 9.64. The Balaban J connectivity index is 2.04. The minimum Gasteiger partial charge on any atom is -0.497 e. The van der Waals surface area contributed by atoms with Crippen molar-refractivity contribution in [1.29, 1.82) is 0 Å². The van der Waals surface area contributed by atoms with Crippen LogP contribution < -0.4 is 4.74 Å². The van der Waals surface area contributed by atoms with Crippen LogP contribution in [0.4, 0.5) is 0 Å². The number of aromatic nitrogens is 3. The van der Waals surface area contributed by atoms with Crippen LogP contribution in [0.5, 0.6) is 5.75 Å². The molecular weight excluding hydrogens is 328 g/mol. The fraction of sp³-hybridized carbons (Fsp3) is 0.350. The molecule has 136 valence electrons. The first-order valence-electron chi connectivity index (χ1n) is 8.96. The fourth-order valence-electron chi connectivity index (χ4n) is 3.07. The van der Waals surface area contributed by atoms with Crippen LogP contribution in [0.1, 0.15) is 37.0 Å². The molecule has 0 aliphatic heterocycles. The largest absolute Gasteiger partial charge is 0.497 e. The second-order valence-corrected chi connectivity index (χ2v) is 6.15. The van der Waals surface area contributed by atoms with Crippen molar-refractivity contribution in [2.45, 2.75) is 26.7 Å². The number of hydrogen-bond acceptors (Lipinski definition) is 4. The van der Waals surface area contributed by atoms with E-state index >= 15 is 0 Å². The molecule has 0 aliphatic carbocycles. The molecule has 0 saturated heterocycles. The van der Waals surface area contributed by atoms with Crippen molar-refractivity contribution in [2.24, 2.45) is 0 Å². The predicted octanol–water partition coefficient (Wildman–Crippen LogP) is 3.67. The number of hydrogen-bond donors (Lipinski definition) is 0. The Morgan fingerprint density at radius 2 is 1.96 bits per heavy atom. The van der Waals surface area contributed by atoms with Crippen molar-refractivity contribution in [3.8, 4) is 17.0 Å². The summed E-state index contributed by atoms with van der Waals surface area (Å²) in [5, 5.41) is 4.44. The number of amides is 1. The van der Waals surface area contributed by atoms with Crippen molar-refractivity contribution in [3.05, 3.63) is 48.3 Å². The number of carbonyl (C=O) groups is 1. The highest BCUT2D eigenvalue weighted by Crippen LogP contribution is 2.25. The molecule has 3 aromatic rings. The van der Waals surface area contributed by atoms with Crippen LogP contribution in [0.25, 0.3) is 16.9 Å². The van der Waals surface area contributed by atoms with E-state index < -0.39 is 0 Å². The van der Waals surface area contributed by atoms with Crippen LogP contribution >= 0.6 is 0 Å². The summed E-state index contributed by atoms with van der Waals surface area (Å²) in [7, 11) is 1.64. The maximum atomic E-state index is 13.0. The molecule has 26 heavy (non-hydrogen) atoms. The molecule has 0 N–H and O–H groups in total. The summed E-state index contributed by atoms with van der Waals surface area (Å²) in [6.07, 6.45) is 5.18. The van der Waals surface area contributed by atoms with Crippen molar-refractivity contribution >= 4 is 11.6 Å². The van der Waals surface area contributed by atoms with Crippen molar-refractivity contribution in [2.75, 3.05) is 20.2 Å². The third-order valence-electron chi connectivity index (χ3n) is 4.27. The van der Waals surface area contributed by atoms with Crippen molar-refractivity contribution in [1.82, 2.24) is 19.5 Å². The van der Waals surface area contributed by atoms with Gasteiger partial charge in [0.25, 0.3) is 5.91 Å². The van der Waals surface area contributed by atoms with E-state index in [1.807, 2.05) is 35.2 Å². The van der Waals surface area contributed by atoms with Crippen LogP contribution in [-0.4, -0.2) is 45.6 Å². The summed E-state index contributed by atoms with van der Waals surface area (Å²) in [4.78, 5) is 19.2. The maximum absolute atomic E-state index is 13.0. The molecule has 2 heterocycles. The minimum absolute atomic E-state index is 0.0148. The summed E-state index contributed by atoms with van der Waals surface area (Å²) in [6.45, 7) is 5.62. The van der Waals surface area contributed by atoms with E-state index in [9.17, 15) is 4.79 Å². The van der Waals surface area contributed by atoms with E-state index in [2.05, 4.69) is 23.9 Å². The molecule has 6 nitrogen and oxygen atoms in total. The zero-order valence-corrected chi connectivity index (χ0v) is 15.5. The van der Waals surface area contributed by atoms with Gasteiger partial charge in [-0.15, -0.1) is 0 Å². The molecular formula is C20H24N4O2. The number of rotatable bonds is 7. The first-order valence-corrected chi connectivity index (χ1v) is 8.96. The Bertz CT molecular complexity index is 898. The highest BCUT2D eigenvalue weighted by Gasteiger charge is 2.21. The Labute approximate surface area is 153 Å². The zero-order valence-electron chi connectivity index (χ0n) is 15.5. The van der Waals surface area contributed by atoms with E-state index in [-0.39, 0.29) is 5.91 Å². The molecule has 6 heteroatoms. The molecule has 2 aromatic heterocycles. The highest BCUT2D eigenvalue weighted by molar-refractivity contribution is 5.99. The van der Waals surface area contributed by atoms with Crippen LogP contribution in [0.3, 0.4) is 0 Å². The number of benzene rings is 1. The van der Waals surface area contributed by atoms with Gasteiger partial charge >= 0.3 is 0 Å². The van der Waals surface area contributed by atoms with Crippen molar-refractivity contribution in [3.63, 3.8) is 0 Å². The molecule has 0 spiro atoms. The summed E-state index contributed by atoms with van der Waals surface area (Å²) in [5.74, 6) is 0.756. The molecule has 1 aromatic carbocycles. The van der Waals surface area contributed by atoms with E-state index in [0.29, 0.717) is 11.2 Å². The molecule has 0 saturated carbocycles. The lowest BCUT2D eigenvalue weighted by Gasteiger charge is -2.20. The molecule has 0 unspecified atom stereocenters. The van der Waals surface area contributed by atoms with Gasteiger partial charge in [0.2, 0.25) is 0 Å². The Kier molecular flexibility index (Phi) is 5.51. The molecule has 1 amide bonds. The molecule has 0 bridgehead atoms. The number of ether oxygens (including phenoxy) is 1. The second-order valence-electron chi connectivity index (χ2n) is 6.15. The summed E-state index contributed by atoms with van der Waals surface area (Å²) in [5.41, 5.74) is 2.94. The van der Waals surface area contributed by atoms with Gasteiger partial charge < -0.3 is 9.64 Å². The molecule has 0 fully saturated rings. The fourth-order valence-corrected chi connectivity index (χ4v) is 3.07. The van der Waals surface area contributed by atoms with Crippen LogP contribution in [0.2, 0.25) is 0 Å². The lowest BCUT2D eigenvalue weighted by atomic mass is 10.1. The topological polar surface area (TPSA) is 59.7 Å². The van der Waals surface area contributed by atoms with Gasteiger partial charge in [-0.25, -0.2) is 9.50 Å². The number of fused-ring (bicyclic) bond motifs is 1. The Morgan fingerprint density at radius 1 is 1.19 bits per heavy atom. The quantitative estimate of drug-likeness (QED) is 0.651. The second kappa shape index (κ2) is 7.99. The molecule has 3 rings (SSSR count). The van der Waals surface area contributed by atoms with Gasteiger partial charge in [0, 0.05) is 24.8 Å². The first kappa shape index (κ1) is 17.9. The minimum atomic E-state index is -0.0148. The SMILES string of the molecule is CCCN(CCC)C(=O)c1cnn2c(-c3cccc(OC)c3)ccnc12. The van der Waals surface area contributed by atoms with E-state index in [0.717, 1.165) is 42.9 Å². The third-order valence-corrected chi connectivity index (χ3v) is 4.27. The predicted molar refractivity (Wildman–Crippen MR) is 101 cm³/mol. The van der Waals surface area contributed by atoms with Gasteiger partial charge in [0.05, 0.1) is 19.0 Å². The normalized spacial score (nSPS) is 10.9. The zero-order chi connectivity index (χ0) is 18.5. The summed E-state index contributed by atoms with van der Waals surface area (Å²) < 4.78 is 7.03. The van der Waals surface area contributed by atoms with Gasteiger partial charge in [0.15, 0.2) is 5.65 Å². The van der Waals surface area contributed by atoms with Gasteiger partial charge in [0.1, 0.15) is 11.3 Å². The van der Waals surface area contributed by atoms with Gasteiger partial charge in [-0.05, 0) is 31.0 Å². The Hall–Kier alpha value is -2.89. The van der Waals surface area contributed by atoms with E-state index in [4.69, 9.17) is 4.74 Å². The van der Waals surface area contributed by atoms with Gasteiger partial charge in [-0.2, -0.15) is 5.10 Å². The van der Waals surface area contributed by atoms with E-state index in [1.54, 1.807) is 24.0 Å². The lowest BCUT2D eigenvalue weighted by Crippen LogP contribution is -2.32. The smallest absolute Gasteiger partial charge is 0.259 e. The van der Waals surface area contributed by atoms with Crippen LogP contribution in [0, 0.1) is 0 Å². The van der Waals surface area contributed by atoms with E-state index in [1.165, 1.54) is 0 Å². The third kappa shape index (κ3) is 3.40. The molecule has 0 aliphatic rings. The Morgan fingerprint density at radius 3 is 2.65 bits per heavy atom. The monoisotopic (exact) mass is 352 g/mol. The standard InChI is InChI=1S/C20H24N4O2/c1-4-11-23(12-5-2)20(25)17-14-22-24-18(9-10-21-19(17)24)15-7-6-8-16(13-15)26-3/h6-10,13-14H,4-5,11-12H2,1-3H3. The molecule has 0 radical (unpaired) electrons. The number of carbonyl (C=O) groups excluding carboxylic acids is 1. The summed E-state index contributed by atoms with van der Waals surface area (Å²) >= 11 is 0. The lowest BCUT2D eigenvalue weighted by molar-refractivity contribution is 0.0757. The average Bonchev–Trinajstić information content (AvgIpc) is 3.11. The maximum Gasteiger partial charge on any atom is 0.259 e. The van der Waals surface area contributed by atoms with Gasteiger partial charge in [-0.1, -0.05) is 26.0 Å². The number of nitrogens with zero attached hydrogens (tertiary/aromatic N) is 4. The van der Waals surface area contributed by atoms with Crippen LogP contribution in [-0.2, 0) is 0 Å². The van der Waals surface area contributed by atoms with Crippen molar-refractivity contribution < 1.29 is 9.53 Å². The van der Waals surface area contributed by atoms with Gasteiger partial charge in [-0.3, -0.25) is 4.79 Å². The molecule has 0 atom stereocenters. The number of methoxy groups -OCH3 is 1. The highest BCUT2D eigenvalue weighted by atomic mass is 16.5.